The number of nitrogens with zero attached hydrogens (tertiary/aromatic N) is 3. The van der Waals surface area contributed by atoms with Crippen LogP contribution in [-0.2, 0) is 5.75 Å². The monoisotopic (exact) mass is 445 g/mol. The number of carbonyl (C=O) groups excluding carboxylic acids is 1. The van der Waals surface area contributed by atoms with Gasteiger partial charge < -0.3 is 0 Å². The Labute approximate surface area is 191 Å². The summed E-state index contributed by atoms with van der Waals surface area (Å²) in [5, 5.41) is 9.58. The smallest absolute Gasteiger partial charge is 0.196 e. The number of benzene rings is 3. The fraction of sp³-hybridized carbons (Fsp3) is 0.160. The van der Waals surface area contributed by atoms with Gasteiger partial charge in [0.05, 0.1) is 11.5 Å². The third kappa shape index (κ3) is 5.46. The Hall–Kier alpha value is -2.83. The Morgan fingerprint density at radius 2 is 1.45 bits per heavy atom. The number of ketones is 1. The molecule has 0 aliphatic rings. The van der Waals surface area contributed by atoms with Gasteiger partial charge in [-0.1, -0.05) is 77.5 Å². The summed E-state index contributed by atoms with van der Waals surface area (Å²) >= 11 is 3.15. The van der Waals surface area contributed by atoms with E-state index in [0.717, 1.165) is 27.8 Å². The lowest BCUT2D eigenvalue weighted by Crippen LogP contribution is -2.05. The van der Waals surface area contributed by atoms with Gasteiger partial charge in [-0.2, -0.15) is 0 Å². The number of aromatic nitrogens is 3. The number of Topliss-reactive ketones (excluding diaryl/α,β-unsaturated/α-hetero) is 1. The minimum Gasteiger partial charge on any atom is -0.293 e. The van der Waals surface area contributed by atoms with Crippen molar-refractivity contribution in [2.24, 2.45) is 0 Å². The van der Waals surface area contributed by atoms with E-state index in [9.17, 15) is 4.79 Å². The van der Waals surface area contributed by atoms with E-state index in [1.807, 2.05) is 66.1 Å². The van der Waals surface area contributed by atoms with Crippen molar-refractivity contribution in [2.45, 2.75) is 29.7 Å². The van der Waals surface area contributed by atoms with Crippen LogP contribution < -0.4 is 0 Å². The van der Waals surface area contributed by atoms with E-state index in [1.54, 1.807) is 11.8 Å². The lowest BCUT2D eigenvalue weighted by molar-refractivity contribution is 0.102. The number of hydrogen-bond donors (Lipinski definition) is 0. The zero-order valence-electron chi connectivity index (χ0n) is 17.5. The summed E-state index contributed by atoms with van der Waals surface area (Å²) in [5.41, 5.74) is 4.11. The first kappa shape index (κ1) is 21.4. The first-order valence-corrected chi connectivity index (χ1v) is 12.0. The number of para-hydroxylation sites is 1. The summed E-state index contributed by atoms with van der Waals surface area (Å²) in [7, 11) is 0. The van der Waals surface area contributed by atoms with Crippen LogP contribution in [-0.4, -0.2) is 26.3 Å². The van der Waals surface area contributed by atoms with Gasteiger partial charge in [-0.3, -0.25) is 9.36 Å². The fourth-order valence-electron chi connectivity index (χ4n) is 3.06. The van der Waals surface area contributed by atoms with Crippen molar-refractivity contribution in [3.05, 3.63) is 101 Å². The Kier molecular flexibility index (Phi) is 6.89. The van der Waals surface area contributed by atoms with Crippen LogP contribution in [0.1, 0.15) is 27.3 Å². The summed E-state index contributed by atoms with van der Waals surface area (Å²) in [5.74, 6) is 1.96. The van der Waals surface area contributed by atoms with E-state index >= 15 is 0 Å². The second kappa shape index (κ2) is 9.98. The average molecular weight is 446 g/mol. The molecule has 4 nitrogen and oxygen atoms in total. The minimum atomic E-state index is 0.0863. The van der Waals surface area contributed by atoms with Crippen molar-refractivity contribution in [3.8, 4) is 5.69 Å². The molecule has 1 aromatic heterocycles. The third-order valence-corrected chi connectivity index (χ3v) is 6.75. The maximum Gasteiger partial charge on any atom is 0.196 e. The van der Waals surface area contributed by atoms with Gasteiger partial charge in [0.25, 0.3) is 0 Å². The molecule has 0 saturated heterocycles. The molecule has 0 saturated carbocycles. The lowest BCUT2D eigenvalue weighted by atomic mass is 10.1. The number of aryl methyl sites for hydroxylation is 2. The van der Waals surface area contributed by atoms with E-state index in [1.165, 1.54) is 22.2 Å². The van der Waals surface area contributed by atoms with E-state index in [-0.39, 0.29) is 5.78 Å². The molecule has 0 aliphatic heterocycles. The number of hydrogen-bond acceptors (Lipinski definition) is 5. The SMILES string of the molecule is Cc1ccc(SCc2nnc(SCC(=O)c3ccc(C)cc3)n2-c2ccccc2)cc1. The van der Waals surface area contributed by atoms with E-state index < -0.39 is 0 Å². The largest absolute Gasteiger partial charge is 0.293 e. The molecule has 0 bridgehead atoms. The molecule has 6 heteroatoms. The van der Waals surface area contributed by atoms with Gasteiger partial charge in [0.1, 0.15) is 5.82 Å². The van der Waals surface area contributed by atoms with Gasteiger partial charge in [0.15, 0.2) is 10.9 Å². The van der Waals surface area contributed by atoms with Gasteiger partial charge in [-0.25, -0.2) is 0 Å². The summed E-state index contributed by atoms with van der Waals surface area (Å²) in [4.78, 5) is 13.8. The number of rotatable bonds is 8. The molecule has 0 N–H and O–H groups in total. The molecular formula is C25H23N3OS2. The molecule has 3 aromatic carbocycles. The highest BCUT2D eigenvalue weighted by Gasteiger charge is 2.16. The van der Waals surface area contributed by atoms with Crippen LogP contribution in [0.5, 0.6) is 0 Å². The minimum absolute atomic E-state index is 0.0863. The van der Waals surface area contributed by atoms with Crippen LogP contribution in [0.2, 0.25) is 0 Å². The highest BCUT2D eigenvalue weighted by Crippen LogP contribution is 2.28. The Morgan fingerprint density at radius 1 is 0.806 bits per heavy atom. The van der Waals surface area contributed by atoms with Gasteiger partial charge in [0.2, 0.25) is 0 Å². The molecule has 31 heavy (non-hydrogen) atoms. The zero-order chi connectivity index (χ0) is 21.6. The quantitative estimate of drug-likeness (QED) is 0.240. The highest BCUT2D eigenvalue weighted by atomic mass is 32.2. The highest BCUT2D eigenvalue weighted by molar-refractivity contribution is 7.99. The number of carbonyl (C=O) groups is 1. The van der Waals surface area contributed by atoms with Crippen LogP contribution >= 0.6 is 23.5 Å². The van der Waals surface area contributed by atoms with Crippen molar-refractivity contribution < 1.29 is 4.79 Å². The number of thioether (sulfide) groups is 2. The topological polar surface area (TPSA) is 47.8 Å². The van der Waals surface area contributed by atoms with E-state index in [4.69, 9.17) is 0 Å². The lowest BCUT2D eigenvalue weighted by Gasteiger charge is -2.10. The molecule has 0 unspecified atom stereocenters. The maximum atomic E-state index is 12.6. The molecule has 0 fully saturated rings. The van der Waals surface area contributed by atoms with Crippen molar-refractivity contribution in [3.63, 3.8) is 0 Å². The zero-order valence-corrected chi connectivity index (χ0v) is 19.1. The molecule has 1 heterocycles. The van der Waals surface area contributed by atoms with Gasteiger partial charge in [-0.05, 0) is 38.1 Å². The molecule has 0 amide bonds. The molecule has 156 valence electrons. The average Bonchev–Trinajstić information content (AvgIpc) is 3.21. The van der Waals surface area contributed by atoms with Gasteiger partial charge >= 0.3 is 0 Å². The normalized spacial score (nSPS) is 10.9. The summed E-state index contributed by atoms with van der Waals surface area (Å²) in [6.07, 6.45) is 0. The Balaban J connectivity index is 1.53. The first-order chi connectivity index (χ1) is 15.1. The molecule has 0 radical (unpaired) electrons. The van der Waals surface area contributed by atoms with Crippen molar-refractivity contribution >= 4 is 29.3 Å². The summed E-state index contributed by atoms with van der Waals surface area (Å²) < 4.78 is 2.05. The Morgan fingerprint density at radius 3 is 2.13 bits per heavy atom. The predicted molar refractivity (Wildman–Crippen MR) is 128 cm³/mol. The van der Waals surface area contributed by atoms with Crippen molar-refractivity contribution in [1.82, 2.24) is 14.8 Å². The van der Waals surface area contributed by atoms with Crippen molar-refractivity contribution in [2.75, 3.05) is 5.75 Å². The van der Waals surface area contributed by atoms with E-state index in [2.05, 4.69) is 41.4 Å². The molecule has 4 rings (SSSR count). The van der Waals surface area contributed by atoms with Gasteiger partial charge in [-0.15, -0.1) is 22.0 Å². The first-order valence-electron chi connectivity index (χ1n) is 10.0. The van der Waals surface area contributed by atoms with Crippen LogP contribution in [0.25, 0.3) is 5.69 Å². The summed E-state index contributed by atoms with van der Waals surface area (Å²) in [6, 6.07) is 26.2. The molecule has 0 atom stereocenters. The van der Waals surface area contributed by atoms with Gasteiger partial charge in [0, 0.05) is 16.1 Å². The molecular weight excluding hydrogens is 422 g/mol. The molecule has 4 aromatic rings. The standard InChI is InChI=1S/C25H23N3OS2/c1-18-8-12-20(13-9-18)23(29)16-31-25-27-26-24(28(25)21-6-4-3-5-7-21)17-30-22-14-10-19(2)11-15-22/h3-15H,16-17H2,1-2H3. The van der Waals surface area contributed by atoms with Crippen LogP contribution in [0.15, 0.2) is 88.9 Å². The predicted octanol–water partition coefficient (Wildman–Crippen LogP) is 6.15. The maximum absolute atomic E-state index is 12.6. The second-order valence-electron chi connectivity index (χ2n) is 7.25. The van der Waals surface area contributed by atoms with Crippen LogP contribution in [0, 0.1) is 13.8 Å². The van der Waals surface area contributed by atoms with Crippen molar-refractivity contribution in [1.29, 1.82) is 0 Å². The third-order valence-electron chi connectivity index (χ3n) is 4.81. The Bertz CT molecular complexity index is 1150. The van der Waals surface area contributed by atoms with E-state index in [0.29, 0.717) is 11.5 Å². The summed E-state index contributed by atoms with van der Waals surface area (Å²) in [6.45, 7) is 4.10. The van der Waals surface area contributed by atoms with Crippen LogP contribution in [0.4, 0.5) is 0 Å². The molecule has 0 spiro atoms. The second-order valence-corrected chi connectivity index (χ2v) is 9.24. The fourth-order valence-corrected chi connectivity index (χ4v) is 4.74. The molecule has 0 aliphatic carbocycles. The van der Waals surface area contributed by atoms with Crippen LogP contribution in [0.3, 0.4) is 0 Å².